The highest BCUT2D eigenvalue weighted by Gasteiger charge is 2.24. The van der Waals surface area contributed by atoms with Gasteiger partial charge in [0.15, 0.2) is 0 Å². The monoisotopic (exact) mass is 375 g/mol. The number of hydrogen-bond acceptors (Lipinski definition) is 4. The topological polar surface area (TPSA) is 56.8 Å². The maximum atomic E-state index is 12.4. The predicted molar refractivity (Wildman–Crippen MR) is 106 cm³/mol. The Morgan fingerprint density at radius 3 is 2.64 bits per heavy atom. The van der Waals surface area contributed by atoms with E-state index in [2.05, 4.69) is 5.32 Å². The minimum Gasteiger partial charge on any atom is -0.497 e. The van der Waals surface area contributed by atoms with Crippen molar-refractivity contribution in [3.05, 3.63) is 83.9 Å². The van der Waals surface area contributed by atoms with E-state index in [1.54, 1.807) is 25.3 Å². The first kappa shape index (κ1) is 17.9. The fourth-order valence-corrected chi connectivity index (χ4v) is 3.17. The van der Waals surface area contributed by atoms with Crippen LogP contribution in [-0.4, -0.2) is 25.7 Å². The fraction of sp³-hybridized carbons (Fsp3) is 0.174. The number of ether oxygens (including phenoxy) is 3. The molecule has 1 N–H and O–H groups in total. The predicted octanol–water partition coefficient (Wildman–Crippen LogP) is 4.22. The van der Waals surface area contributed by atoms with Crippen LogP contribution in [0.4, 0.5) is 0 Å². The number of carbonyl (C=O) groups is 1. The molecule has 0 fully saturated rings. The van der Waals surface area contributed by atoms with Crippen molar-refractivity contribution in [2.24, 2.45) is 0 Å². The Morgan fingerprint density at radius 1 is 1.00 bits per heavy atom. The van der Waals surface area contributed by atoms with Crippen LogP contribution in [-0.2, 0) is 6.42 Å². The van der Waals surface area contributed by atoms with E-state index in [4.69, 9.17) is 14.2 Å². The summed E-state index contributed by atoms with van der Waals surface area (Å²) >= 11 is 0. The highest BCUT2D eigenvalue weighted by molar-refractivity contribution is 5.94. The van der Waals surface area contributed by atoms with Gasteiger partial charge >= 0.3 is 0 Å². The molecule has 4 rings (SSSR count). The van der Waals surface area contributed by atoms with Gasteiger partial charge in [0.05, 0.1) is 13.7 Å². The quantitative estimate of drug-likeness (QED) is 0.701. The summed E-state index contributed by atoms with van der Waals surface area (Å²) < 4.78 is 17.0. The summed E-state index contributed by atoms with van der Waals surface area (Å²) in [4.78, 5) is 12.4. The van der Waals surface area contributed by atoms with E-state index in [1.165, 1.54) is 0 Å². The van der Waals surface area contributed by atoms with Crippen LogP contribution >= 0.6 is 0 Å². The molecule has 3 aromatic rings. The van der Waals surface area contributed by atoms with E-state index >= 15 is 0 Å². The molecule has 1 amide bonds. The van der Waals surface area contributed by atoms with Crippen molar-refractivity contribution in [1.82, 2.24) is 5.32 Å². The summed E-state index contributed by atoms with van der Waals surface area (Å²) in [5.74, 6) is 2.91. The van der Waals surface area contributed by atoms with Gasteiger partial charge in [-0.3, -0.25) is 4.79 Å². The van der Waals surface area contributed by atoms with E-state index in [0.29, 0.717) is 17.9 Å². The number of para-hydroxylation sites is 1. The summed E-state index contributed by atoms with van der Waals surface area (Å²) in [6, 6.07) is 22.5. The lowest BCUT2D eigenvalue weighted by atomic mass is 10.1. The number of benzene rings is 3. The third kappa shape index (κ3) is 4.09. The lowest BCUT2D eigenvalue weighted by Crippen LogP contribution is -2.34. The standard InChI is InChI=1S/C23H21NO4/c1-26-19-9-5-6-16(12-19)23(25)24-15-21-14-17-13-20(10-11-22(17)28-21)27-18-7-3-2-4-8-18/h2-13,21H,14-15H2,1H3,(H,24,25). The Labute approximate surface area is 163 Å². The number of hydrogen-bond donors (Lipinski definition) is 1. The molecule has 1 heterocycles. The Bertz CT molecular complexity index is 971. The number of methoxy groups -OCH3 is 1. The van der Waals surface area contributed by atoms with Gasteiger partial charge < -0.3 is 19.5 Å². The second-order valence-electron chi connectivity index (χ2n) is 6.57. The highest BCUT2D eigenvalue weighted by Crippen LogP contribution is 2.33. The molecule has 0 spiro atoms. The molecule has 28 heavy (non-hydrogen) atoms. The zero-order chi connectivity index (χ0) is 19.3. The third-order valence-corrected chi connectivity index (χ3v) is 4.57. The first-order chi connectivity index (χ1) is 13.7. The van der Waals surface area contributed by atoms with E-state index in [9.17, 15) is 4.79 Å². The van der Waals surface area contributed by atoms with Crippen molar-refractivity contribution < 1.29 is 19.0 Å². The van der Waals surface area contributed by atoms with Crippen LogP contribution in [0.15, 0.2) is 72.8 Å². The molecule has 3 aromatic carbocycles. The van der Waals surface area contributed by atoms with E-state index in [1.807, 2.05) is 54.6 Å². The Balaban J connectivity index is 1.35. The first-order valence-corrected chi connectivity index (χ1v) is 9.16. The van der Waals surface area contributed by atoms with Gasteiger partial charge in [-0.1, -0.05) is 24.3 Å². The SMILES string of the molecule is COc1cccc(C(=O)NCC2Cc3cc(Oc4ccccc4)ccc3O2)c1. The van der Waals surface area contributed by atoms with Crippen LogP contribution in [0.3, 0.4) is 0 Å². The molecule has 0 aromatic heterocycles. The van der Waals surface area contributed by atoms with Crippen molar-refractivity contribution in [2.75, 3.05) is 13.7 Å². The summed E-state index contributed by atoms with van der Waals surface area (Å²) in [6.07, 6.45) is 0.622. The van der Waals surface area contributed by atoms with E-state index in [0.717, 1.165) is 29.2 Å². The maximum Gasteiger partial charge on any atom is 0.251 e. The van der Waals surface area contributed by atoms with E-state index < -0.39 is 0 Å². The summed E-state index contributed by atoms with van der Waals surface area (Å²) in [6.45, 7) is 0.430. The van der Waals surface area contributed by atoms with Crippen molar-refractivity contribution in [1.29, 1.82) is 0 Å². The Kier molecular flexibility index (Phi) is 5.15. The van der Waals surface area contributed by atoms with Gasteiger partial charge in [-0.05, 0) is 48.5 Å². The molecule has 1 unspecified atom stereocenters. The average Bonchev–Trinajstić information content (AvgIpc) is 3.15. The number of rotatable bonds is 6. The average molecular weight is 375 g/mol. The molecule has 1 atom stereocenters. The lowest BCUT2D eigenvalue weighted by Gasteiger charge is -2.12. The van der Waals surface area contributed by atoms with Crippen LogP contribution in [0.2, 0.25) is 0 Å². The van der Waals surface area contributed by atoms with Gasteiger partial charge in [-0.15, -0.1) is 0 Å². The second-order valence-corrected chi connectivity index (χ2v) is 6.57. The number of carbonyl (C=O) groups excluding carboxylic acids is 1. The van der Waals surface area contributed by atoms with Gasteiger partial charge in [0.1, 0.15) is 29.1 Å². The number of amides is 1. The van der Waals surface area contributed by atoms with Crippen molar-refractivity contribution >= 4 is 5.91 Å². The molecule has 0 saturated carbocycles. The van der Waals surface area contributed by atoms with Gasteiger partial charge in [0, 0.05) is 17.5 Å². The van der Waals surface area contributed by atoms with E-state index in [-0.39, 0.29) is 12.0 Å². The van der Waals surface area contributed by atoms with Crippen LogP contribution in [0.25, 0.3) is 0 Å². The summed E-state index contributed by atoms with van der Waals surface area (Å²) in [5, 5.41) is 2.93. The molecule has 5 heteroatoms. The normalized spacial score (nSPS) is 14.7. The van der Waals surface area contributed by atoms with Gasteiger partial charge in [-0.25, -0.2) is 0 Å². The van der Waals surface area contributed by atoms with Crippen molar-refractivity contribution in [3.63, 3.8) is 0 Å². The van der Waals surface area contributed by atoms with Crippen LogP contribution in [0, 0.1) is 0 Å². The molecule has 0 radical (unpaired) electrons. The Morgan fingerprint density at radius 2 is 1.82 bits per heavy atom. The third-order valence-electron chi connectivity index (χ3n) is 4.57. The first-order valence-electron chi connectivity index (χ1n) is 9.16. The number of nitrogens with one attached hydrogen (secondary N) is 1. The molecular formula is C23H21NO4. The van der Waals surface area contributed by atoms with Crippen molar-refractivity contribution in [3.8, 4) is 23.0 Å². The lowest BCUT2D eigenvalue weighted by molar-refractivity contribution is 0.0933. The molecule has 0 bridgehead atoms. The van der Waals surface area contributed by atoms with Crippen molar-refractivity contribution in [2.45, 2.75) is 12.5 Å². The Hall–Kier alpha value is -3.47. The zero-order valence-corrected chi connectivity index (χ0v) is 15.6. The highest BCUT2D eigenvalue weighted by atomic mass is 16.5. The zero-order valence-electron chi connectivity index (χ0n) is 15.6. The molecule has 1 aliphatic heterocycles. The molecule has 5 nitrogen and oxygen atoms in total. The number of fused-ring (bicyclic) bond motifs is 1. The largest absolute Gasteiger partial charge is 0.497 e. The molecule has 1 aliphatic rings. The molecule has 142 valence electrons. The second kappa shape index (κ2) is 8.05. The summed E-state index contributed by atoms with van der Waals surface area (Å²) in [7, 11) is 1.58. The fourth-order valence-electron chi connectivity index (χ4n) is 3.17. The maximum absolute atomic E-state index is 12.4. The smallest absolute Gasteiger partial charge is 0.251 e. The molecule has 0 saturated heterocycles. The van der Waals surface area contributed by atoms with Crippen LogP contribution in [0.1, 0.15) is 15.9 Å². The van der Waals surface area contributed by atoms with Crippen LogP contribution in [0.5, 0.6) is 23.0 Å². The van der Waals surface area contributed by atoms with Gasteiger partial charge in [-0.2, -0.15) is 0 Å². The molecule has 0 aliphatic carbocycles. The minimum atomic E-state index is -0.147. The van der Waals surface area contributed by atoms with Gasteiger partial charge in [0.25, 0.3) is 5.91 Å². The van der Waals surface area contributed by atoms with Crippen LogP contribution < -0.4 is 19.5 Å². The molecular weight excluding hydrogens is 354 g/mol. The minimum absolute atomic E-state index is 0.100. The summed E-state index contributed by atoms with van der Waals surface area (Å²) in [5.41, 5.74) is 1.64. The van der Waals surface area contributed by atoms with Gasteiger partial charge in [0.2, 0.25) is 0 Å².